The summed E-state index contributed by atoms with van der Waals surface area (Å²) < 4.78 is 0.965. The van der Waals surface area contributed by atoms with E-state index >= 15 is 0 Å². The van der Waals surface area contributed by atoms with Crippen LogP contribution in [0, 0.1) is 6.92 Å². The van der Waals surface area contributed by atoms with Crippen molar-refractivity contribution >= 4 is 26.8 Å². The molecule has 3 rings (SSSR count). The maximum Gasteiger partial charge on any atom is 0.189 e. The van der Waals surface area contributed by atoms with E-state index < -0.39 is 0 Å². The quantitative estimate of drug-likeness (QED) is 0.851. The number of pyridine rings is 1. The lowest BCUT2D eigenvalue weighted by Crippen LogP contribution is -2.06. The zero-order valence-electron chi connectivity index (χ0n) is 9.01. The summed E-state index contributed by atoms with van der Waals surface area (Å²) in [6.07, 6.45) is 2.40. The van der Waals surface area contributed by atoms with Crippen molar-refractivity contribution in [3.8, 4) is 0 Å². The maximum absolute atomic E-state index is 12.1. The molecule has 0 saturated heterocycles. The minimum absolute atomic E-state index is 0.134. The Kier molecular flexibility index (Phi) is 2.18. The molecule has 0 unspecified atom stereocenters. The fourth-order valence-corrected chi connectivity index (χ4v) is 2.56. The number of aryl methyl sites for hydroxylation is 1. The largest absolute Gasteiger partial charge is 0.357 e. The molecule has 1 aliphatic rings. The van der Waals surface area contributed by atoms with Crippen LogP contribution >= 0.6 is 15.9 Å². The second kappa shape index (κ2) is 3.45. The second-order valence-electron chi connectivity index (χ2n) is 4.48. The number of benzene rings is 1. The highest BCUT2D eigenvalue weighted by Crippen LogP contribution is 2.39. The minimum Gasteiger partial charge on any atom is -0.357 e. The van der Waals surface area contributed by atoms with Gasteiger partial charge in [-0.25, -0.2) is 0 Å². The Morgan fingerprint density at radius 3 is 2.81 bits per heavy atom. The van der Waals surface area contributed by atoms with Crippen LogP contribution < -0.4 is 5.43 Å². The smallest absolute Gasteiger partial charge is 0.189 e. The Morgan fingerprint density at radius 1 is 1.38 bits per heavy atom. The molecule has 1 fully saturated rings. The molecule has 0 radical (unpaired) electrons. The fraction of sp³-hybridized carbons (Fsp3) is 0.308. The van der Waals surface area contributed by atoms with Gasteiger partial charge in [-0.15, -0.1) is 0 Å². The summed E-state index contributed by atoms with van der Waals surface area (Å²) in [6, 6.07) is 5.72. The molecule has 1 aromatic heterocycles. The van der Waals surface area contributed by atoms with Crippen LogP contribution in [0.4, 0.5) is 0 Å². The van der Waals surface area contributed by atoms with E-state index in [2.05, 4.69) is 20.9 Å². The molecule has 0 spiro atoms. The number of H-pyrrole nitrogens is 1. The van der Waals surface area contributed by atoms with E-state index in [1.807, 2.05) is 19.1 Å². The maximum atomic E-state index is 12.1. The third kappa shape index (κ3) is 1.50. The fourth-order valence-electron chi connectivity index (χ4n) is 2.13. The molecule has 1 aliphatic carbocycles. The first kappa shape index (κ1) is 10.1. The van der Waals surface area contributed by atoms with Crippen LogP contribution in [0.1, 0.15) is 30.0 Å². The number of aromatic amines is 1. The van der Waals surface area contributed by atoms with Crippen molar-refractivity contribution in [3.63, 3.8) is 0 Å². The zero-order chi connectivity index (χ0) is 11.3. The van der Waals surface area contributed by atoms with Gasteiger partial charge in [0.25, 0.3) is 0 Å². The highest BCUT2D eigenvalue weighted by molar-refractivity contribution is 9.10. The first-order valence-electron chi connectivity index (χ1n) is 5.49. The molecule has 1 heterocycles. The Bertz CT molecular complexity index is 626. The average molecular weight is 278 g/mol. The second-order valence-corrected chi connectivity index (χ2v) is 5.33. The van der Waals surface area contributed by atoms with Crippen LogP contribution in [-0.2, 0) is 0 Å². The van der Waals surface area contributed by atoms with E-state index in [0.717, 1.165) is 26.6 Å². The Hall–Kier alpha value is -1.09. The third-order valence-corrected chi connectivity index (χ3v) is 3.84. The van der Waals surface area contributed by atoms with E-state index in [1.54, 1.807) is 6.07 Å². The normalized spacial score (nSPS) is 15.6. The standard InChI is InChI=1S/C13H12BrNO/c1-7-2-5-9(14)13-12(7)11(16)6-10(15-13)8-3-4-8/h2,5-6,8H,3-4H2,1H3,(H,15,16). The van der Waals surface area contributed by atoms with Crippen molar-refractivity contribution in [2.24, 2.45) is 0 Å². The van der Waals surface area contributed by atoms with Gasteiger partial charge in [0.05, 0.1) is 5.52 Å². The predicted molar refractivity (Wildman–Crippen MR) is 69.0 cm³/mol. The van der Waals surface area contributed by atoms with Crippen molar-refractivity contribution in [1.29, 1.82) is 0 Å². The molecule has 0 amide bonds. The zero-order valence-corrected chi connectivity index (χ0v) is 10.6. The summed E-state index contributed by atoms with van der Waals surface area (Å²) in [7, 11) is 0. The van der Waals surface area contributed by atoms with Gasteiger partial charge in [-0.05, 0) is 53.2 Å². The first-order valence-corrected chi connectivity index (χ1v) is 6.28. The first-order chi connectivity index (χ1) is 7.66. The highest BCUT2D eigenvalue weighted by atomic mass is 79.9. The van der Waals surface area contributed by atoms with Crippen LogP contribution in [0.25, 0.3) is 10.9 Å². The van der Waals surface area contributed by atoms with Gasteiger partial charge in [-0.1, -0.05) is 6.07 Å². The van der Waals surface area contributed by atoms with E-state index in [9.17, 15) is 4.79 Å². The Labute approximate surface area is 102 Å². The molecule has 82 valence electrons. The van der Waals surface area contributed by atoms with Crippen molar-refractivity contribution < 1.29 is 0 Å². The predicted octanol–water partition coefficient (Wildman–Crippen LogP) is 3.48. The van der Waals surface area contributed by atoms with Gasteiger partial charge in [0, 0.05) is 21.6 Å². The molecule has 0 aliphatic heterocycles. The molecular formula is C13H12BrNO. The van der Waals surface area contributed by atoms with Crippen LogP contribution in [0.5, 0.6) is 0 Å². The summed E-state index contributed by atoms with van der Waals surface area (Å²) in [5.74, 6) is 0.574. The summed E-state index contributed by atoms with van der Waals surface area (Å²) in [5, 5.41) is 0.804. The molecule has 2 aromatic rings. The molecule has 0 atom stereocenters. The SMILES string of the molecule is Cc1ccc(Br)c2[nH]c(C3CC3)cc(=O)c12. The van der Waals surface area contributed by atoms with Crippen molar-refractivity contribution in [1.82, 2.24) is 4.98 Å². The van der Waals surface area contributed by atoms with E-state index in [-0.39, 0.29) is 5.43 Å². The molecular weight excluding hydrogens is 266 g/mol. The molecule has 16 heavy (non-hydrogen) atoms. The summed E-state index contributed by atoms with van der Waals surface area (Å²) in [4.78, 5) is 15.5. The van der Waals surface area contributed by atoms with Crippen LogP contribution in [0.2, 0.25) is 0 Å². The van der Waals surface area contributed by atoms with Gasteiger partial charge in [0.2, 0.25) is 0 Å². The average Bonchev–Trinajstić information content (AvgIpc) is 3.06. The van der Waals surface area contributed by atoms with Gasteiger partial charge in [0.1, 0.15) is 0 Å². The van der Waals surface area contributed by atoms with Gasteiger partial charge < -0.3 is 4.98 Å². The van der Waals surface area contributed by atoms with E-state index in [1.165, 1.54) is 12.8 Å². The number of aromatic nitrogens is 1. The molecule has 0 bridgehead atoms. The van der Waals surface area contributed by atoms with Crippen molar-refractivity contribution in [2.45, 2.75) is 25.7 Å². The Morgan fingerprint density at radius 2 is 2.12 bits per heavy atom. The van der Waals surface area contributed by atoms with E-state index in [4.69, 9.17) is 0 Å². The monoisotopic (exact) mass is 277 g/mol. The van der Waals surface area contributed by atoms with Crippen LogP contribution in [-0.4, -0.2) is 4.98 Å². The lowest BCUT2D eigenvalue weighted by atomic mass is 10.1. The number of rotatable bonds is 1. The van der Waals surface area contributed by atoms with Gasteiger partial charge in [-0.3, -0.25) is 4.79 Å². The molecule has 1 aromatic carbocycles. The lowest BCUT2D eigenvalue weighted by Gasteiger charge is -2.06. The number of nitrogens with one attached hydrogen (secondary N) is 1. The lowest BCUT2D eigenvalue weighted by molar-refractivity contribution is 1.04. The molecule has 1 saturated carbocycles. The van der Waals surface area contributed by atoms with Gasteiger partial charge in [-0.2, -0.15) is 0 Å². The van der Waals surface area contributed by atoms with Crippen LogP contribution in [0.3, 0.4) is 0 Å². The number of hydrogen-bond acceptors (Lipinski definition) is 1. The Balaban J connectivity index is 2.41. The van der Waals surface area contributed by atoms with E-state index in [0.29, 0.717) is 5.92 Å². The topological polar surface area (TPSA) is 32.9 Å². The summed E-state index contributed by atoms with van der Waals surface area (Å²) in [5.41, 5.74) is 3.19. The van der Waals surface area contributed by atoms with Crippen LogP contribution in [0.15, 0.2) is 27.5 Å². The highest BCUT2D eigenvalue weighted by Gasteiger charge is 2.25. The molecule has 3 heteroatoms. The third-order valence-electron chi connectivity index (χ3n) is 3.18. The number of hydrogen-bond donors (Lipinski definition) is 1. The minimum atomic E-state index is 0.134. The molecule has 1 N–H and O–H groups in total. The van der Waals surface area contributed by atoms with Gasteiger partial charge in [0.15, 0.2) is 5.43 Å². The summed E-state index contributed by atoms with van der Waals surface area (Å²) in [6.45, 7) is 1.97. The van der Waals surface area contributed by atoms with Crippen molar-refractivity contribution in [2.75, 3.05) is 0 Å². The van der Waals surface area contributed by atoms with Gasteiger partial charge >= 0.3 is 0 Å². The summed E-state index contributed by atoms with van der Waals surface area (Å²) >= 11 is 3.50. The molecule has 2 nitrogen and oxygen atoms in total. The number of halogens is 1. The number of fused-ring (bicyclic) bond motifs is 1. The van der Waals surface area contributed by atoms with Crippen molar-refractivity contribution in [3.05, 3.63) is 44.2 Å².